The van der Waals surface area contributed by atoms with Crippen molar-refractivity contribution in [3.8, 4) is 0 Å². The first-order chi connectivity index (χ1) is 20.4. The van der Waals surface area contributed by atoms with Crippen molar-refractivity contribution in [2.24, 2.45) is 10.8 Å². The lowest BCUT2D eigenvalue weighted by Crippen LogP contribution is -2.51. The van der Waals surface area contributed by atoms with Crippen molar-refractivity contribution in [1.82, 2.24) is 9.55 Å². The molecule has 1 aromatic heterocycles. The number of ether oxygens (including phenoxy) is 4. The van der Waals surface area contributed by atoms with E-state index in [1.54, 1.807) is 41.5 Å². The van der Waals surface area contributed by atoms with Crippen LogP contribution in [-0.2, 0) is 46.6 Å². The minimum atomic E-state index is -4.27. The average molecular weight is 677 g/mol. The fourth-order valence-corrected chi connectivity index (χ4v) is 7.95. The molecule has 2 heterocycles. The molecule has 5 atom stereocenters. The molecule has 1 spiro atoms. The van der Waals surface area contributed by atoms with Crippen LogP contribution in [0.25, 0.3) is 0 Å². The molecule has 1 aliphatic carbocycles. The molecule has 256 valence electrons. The van der Waals surface area contributed by atoms with Crippen LogP contribution in [0.1, 0.15) is 75.0 Å². The van der Waals surface area contributed by atoms with Gasteiger partial charge in [-0.05, 0) is 66.1 Å². The summed E-state index contributed by atoms with van der Waals surface area (Å²) in [6.07, 6.45) is -1.42. The van der Waals surface area contributed by atoms with E-state index in [4.69, 9.17) is 32.4 Å². The van der Waals surface area contributed by atoms with Crippen molar-refractivity contribution in [1.29, 1.82) is 0 Å². The lowest BCUT2D eigenvalue weighted by molar-refractivity contribution is -0.162. The number of methoxy groups -OCH3 is 1. The molecule has 16 heteroatoms. The second kappa shape index (κ2) is 12.8. The number of aromatic amines is 1. The number of hydrogen-bond donors (Lipinski definition) is 1. The number of H-pyrrole nitrogens is 1. The number of carbonyl (C=O) groups is 2. The molecule has 0 radical (unpaired) electrons. The standard InChI is InChI=1S/C29H49N2O12PSi/c1-26(2,3)23(33)38-16-40-44(36,41-17-39-24(34)27(4,5)6)18-15-29(18)21(43-45(11,12)28(7,8)9)20(37-10)22(42-29)31-14-13-19(32)30-25(31)35/h13-14,18,20-22H,15-17H2,1-12H3,(H,30,32,35)/t18?,20-,21?,22-,29?/m1/s1. The zero-order valence-corrected chi connectivity index (χ0v) is 30.3. The second-order valence-electron chi connectivity index (χ2n) is 15.1. The summed E-state index contributed by atoms with van der Waals surface area (Å²) in [5.41, 5.74) is -5.34. The van der Waals surface area contributed by atoms with Gasteiger partial charge in [0, 0.05) is 19.4 Å². The zero-order valence-electron chi connectivity index (χ0n) is 28.4. The molecule has 1 N–H and O–H groups in total. The molecule has 1 saturated carbocycles. The highest BCUT2D eigenvalue weighted by molar-refractivity contribution is 7.55. The fourth-order valence-electron chi connectivity index (χ4n) is 4.54. The molecular weight excluding hydrogens is 627 g/mol. The molecule has 3 unspecified atom stereocenters. The number of esters is 2. The topological polar surface area (TPSA) is 171 Å². The van der Waals surface area contributed by atoms with Crippen molar-refractivity contribution in [2.75, 3.05) is 20.7 Å². The van der Waals surface area contributed by atoms with Crippen molar-refractivity contribution in [2.45, 2.75) is 117 Å². The van der Waals surface area contributed by atoms with E-state index in [0.717, 1.165) is 0 Å². The molecule has 2 aliphatic rings. The number of aromatic nitrogens is 2. The van der Waals surface area contributed by atoms with Gasteiger partial charge in [-0.25, -0.2) is 4.79 Å². The van der Waals surface area contributed by atoms with E-state index in [9.17, 15) is 23.7 Å². The third-order valence-electron chi connectivity index (χ3n) is 8.39. The highest BCUT2D eigenvalue weighted by Gasteiger charge is 2.77. The first kappa shape index (κ1) is 37.3. The van der Waals surface area contributed by atoms with E-state index in [1.807, 2.05) is 13.1 Å². The molecule has 1 aliphatic heterocycles. The summed E-state index contributed by atoms with van der Waals surface area (Å²) in [6, 6.07) is 1.18. The Labute approximate surface area is 265 Å². The summed E-state index contributed by atoms with van der Waals surface area (Å²) in [5, 5.41) is -0.247. The molecular formula is C29H49N2O12PSi. The molecule has 45 heavy (non-hydrogen) atoms. The van der Waals surface area contributed by atoms with Gasteiger partial charge in [0.05, 0.1) is 16.5 Å². The highest BCUT2D eigenvalue weighted by atomic mass is 31.2. The Balaban J connectivity index is 2.03. The lowest BCUT2D eigenvalue weighted by atomic mass is 9.98. The Morgan fingerprint density at radius 1 is 1.00 bits per heavy atom. The van der Waals surface area contributed by atoms with Crippen LogP contribution in [-0.4, -0.2) is 74.0 Å². The number of nitrogens with zero attached hydrogens (tertiary/aromatic N) is 1. The summed E-state index contributed by atoms with van der Waals surface area (Å²) in [6.45, 7) is 18.8. The van der Waals surface area contributed by atoms with E-state index in [-0.39, 0.29) is 11.5 Å². The normalized spacial score (nSPS) is 25.8. The van der Waals surface area contributed by atoms with Crippen LogP contribution >= 0.6 is 7.60 Å². The predicted molar refractivity (Wildman–Crippen MR) is 166 cm³/mol. The van der Waals surface area contributed by atoms with Gasteiger partial charge < -0.3 is 23.4 Å². The molecule has 3 rings (SSSR count). The maximum atomic E-state index is 14.5. The van der Waals surface area contributed by atoms with Gasteiger partial charge in [0.15, 0.2) is 14.5 Å². The maximum absolute atomic E-state index is 14.5. The molecule has 1 aromatic rings. The Morgan fingerprint density at radius 3 is 1.93 bits per heavy atom. The van der Waals surface area contributed by atoms with Crippen molar-refractivity contribution < 1.29 is 46.6 Å². The predicted octanol–water partition coefficient (Wildman–Crippen LogP) is 4.30. The highest BCUT2D eigenvalue weighted by Crippen LogP contribution is 2.72. The van der Waals surface area contributed by atoms with Crippen LogP contribution < -0.4 is 11.2 Å². The summed E-state index contributed by atoms with van der Waals surface area (Å²) in [5.74, 6) is -1.18. The Hall–Kier alpha value is -2.13. The largest absolute Gasteiger partial charge is 0.438 e. The van der Waals surface area contributed by atoms with Crippen molar-refractivity contribution in [3.05, 3.63) is 33.1 Å². The summed E-state index contributed by atoms with van der Waals surface area (Å²) < 4.78 is 56.8. The van der Waals surface area contributed by atoms with E-state index >= 15 is 0 Å². The smallest absolute Gasteiger partial charge is 0.342 e. The Bertz CT molecular complexity index is 1380. The minimum Gasteiger partial charge on any atom is -0.438 e. The van der Waals surface area contributed by atoms with Crippen LogP contribution in [0.15, 0.2) is 21.9 Å². The summed E-state index contributed by atoms with van der Waals surface area (Å²) in [4.78, 5) is 51.7. The number of rotatable bonds is 11. The monoisotopic (exact) mass is 676 g/mol. The first-order valence-electron chi connectivity index (χ1n) is 14.8. The van der Waals surface area contributed by atoms with Gasteiger partial charge in [0.25, 0.3) is 5.56 Å². The van der Waals surface area contributed by atoms with Crippen LogP contribution in [0.4, 0.5) is 0 Å². The van der Waals surface area contributed by atoms with E-state index < -0.39 is 93.2 Å². The number of nitrogens with one attached hydrogen (secondary N) is 1. The van der Waals surface area contributed by atoms with Gasteiger partial charge in [0.2, 0.25) is 13.6 Å². The van der Waals surface area contributed by atoms with Gasteiger partial charge in [-0.2, -0.15) is 0 Å². The number of carbonyl (C=O) groups excluding carboxylic acids is 2. The molecule has 2 fully saturated rings. The van der Waals surface area contributed by atoms with Crippen LogP contribution in [0.3, 0.4) is 0 Å². The number of hydrogen-bond acceptors (Lipinski definition) is 12. The summed E-state index contributed by atoms with van der Waals surface area (Å²) >= 11 is 0. The maximum Gasteiger partial charge on any atom is 0.342 e. The van der Waals surface area contributed by atoms with Crippen LogP contribution in [0.5, 0.6) is 0 Å². The Kier molecular flexibility index (Phi) is 10.6. The SMILES string of the molecule is CO[C@@H]1C(O[Si](C)(C)C(C)(C)C)C2(CC2P(=O)(OCOC(=O)C(C)(C)C)OCOC(=O)C(C)(C)C)O[C@H]1n1ccc(=O)[nH]c1=O. The van der Waals surface area contributed by atoms with E-state index in [1.165, 1.54) is 23.9 Å². The molecule has 14 nitrogen and oxygen atoms in total. The van der Waals surface area contributed by atoms with Gasteiger partial charge in [-0.1, -0.05) is 20.8 Å². The third kappa shape index (κ3) is 8.06. The average Bonchev–Trinajstić information content (AvgIpc) is 3.54. The van der Waals surface area contributed by atoms with Crippen LogP contribution in [0, 0.1) is 10.8 Å². The quantitative estimate of drug-likeness (QED) is 0.153. The molecule has 0 aromatic carbocycles. The van der Waals surface area contributed by atoms with Crippen molar-refractivity contribution in [3.63, 3.8) is 0 Å². The summed E-state index contributed by atoms with van der Waals surface area (Å²) in [7, 11) is -5.39. The van der Waals surface area contributed by atoms with E-state index in [2.05, 4.69) is 25.8 Å². The third-order valence-corrected chi connectivity index (χ3v) is 15.2. The van der Waals surface area contributed by atoms with Gasteiger partial charge in [-0.3, -0.25) is 37.5 Å². The van der Waals surface area contributed by atoms with Crippen LogP contribution in [0.2, 0.25) is 18.1 Å². The van der Waals surface area contributed by atoms with Gasteiger partial charge in [-0.15, -0.1) is 0 Å². The second-order valence-corrected chi connectivity index (χ2v) is 22.1. The Morgan fingerprint density at radius 2 is 1.51 bits per heavy atom. The fraction of sp³-hybridized carbons (Fsp3) is 0.793. The first-order valence-corrected chi connectivity index (χ1v) is 19.3. The van der Waals surface area contributed by atoms with Crippen molar-refractivity contribution >= 4 is 27.9 Å². The minimum absolute atomic E-state index is 0.0957. The van der Waals surface area contributed by atoms with Gasteiger partial charge in [0.1, 0.15) is 17.8 Å². The molecule has 1 saturated heterocycles. The molecule has 0 amide bonds. The van der Waals surface area contributed by atoms with Gasteiger partial charge >= 0.3 is 25.2 Å². The lowest BCUT2D eigenvalue weighted by Gasteiger charge is -2.41. The van der Waals surface area contributed by atoms with E-state index in [0.29, 0.717) is 0 Å². The molecule has 0 bridgehead atoms. The zero-order chi connectivity index (χ0) is 34.4.